The molecule has 0 bridgehead atoms. The van der Waals surface area contributed by atoms with Gasteiger partial charge in [-0.3, -0.25) is 0 Å². The van der Waals surface area contributed by atoms with Crippen LogP contribution >= 0.6 is 0 Å². The van der Waals surface area contributed by atoms with Crippen LogP contribution in [0.1, 0.15) is 11.5 Å². The zero-order chi connectivity index (χ0) is 15.0. The van der Waals surface area contributed by atoms with Gasteiger partial charge in [0.1, 0.15) is 0 Å². The van der Waals surface area contributed by atoms with E-state index >= 15 is 0 Å². The van der Waals surface area contributed by atoms with Crippen molar-refractivity contribution in [2.45, 2.75) is 12.8 Å². The second-order valence-corrected chi connectivity index (χ2v) is 5.10. The number of aromatic nitrogens is 2. The van der Waals surface area contributed by atoms with Crippen LogP contribution < -0.4 is 5.32 Å². The van der Waals surface area contributed by atoms with Crippen molar-refractivity contribution < 1.29 is 4.42 Å². The van der Waals surface area contributed by atoms with Crippen LogP contribution in [0.3, 0.4) is 0 Å². The van der Waals surface area contributed by atoms with Crippen LogP contribution in [0.5, 0.6) is 0 Å². The van der Waals surface area contributed by atoms with Gasteiger partial charge in [0.05, 0.1) is 0 Å². The predicted octanol–water partition coefficient (Wildman–Crippen LogP) is 3.11. The van der Waals surface area contributed by atoms with Crippen LogP contribution in [-0.2, 0) is 12.8 Å². The van der Waals surface area contributed by atoms with E-state index in [1.54, 1.807) is 0 Å². The first-order valence-corrected chi connectivity index (χ1v) is 7.54. The van der Waals surface area contributed by atoms with Gasteiger partial charge in [0.2, 0.25) is 11.8 Å². The number of hydrogen-bond donors (Lipinski definition) is 1. The van der Waals surface area contributed by atoms with Crippen molar-refractivity contribution in [3.8, 4) is 11.5 Å². The molecule has 3 rings (SSSR count). The zero-order valence-corrected chi connectivity index (χ0v) is 12.4. The molecule has 0 unspecified atom stereocenters. The van der Waals surface area contributed by atoms with Crippen LogP contribution in [0.4, 0.5) is 0 Å². The second-order valence-electron chi connectivity index (χ2n) is 5.10. The lowest BCUT2D eigenvalue weighted by Crippen LogP contribution is -2.20. The fourth-order valence-corrected chi connectivity index (χ4v) is 2.25. The summed E-state index contributed by atoms with van der Waals surface area (Å²) >= 11 is 0. The summed E-state index contributed by atoms with van der Waals surface area (Å²) in [7, 11) is 0. The largest absolute Gasteiger partial charge is 0.421 e. The molecule has 4 nitrogen and oxygen atoms in total. The quantitative estimate of drug-likeness (QED) is 0.680. The summed E-state index contributed by atoms with van der Waals surface area (Å²) in [6.45, 7) is 1.78. The summed E-state index contributed by atoms with van der Waals surface area (Å²) in [6.07, 6.45) is 1.77. The van der Waals surface area contributed by atoms with Gasteiger partial charge in [0.15, 0.2) is 0 Å². The van der Waals surface area contributed by atoms with E-state index < -0.39 is 0 Å². The maximum atomic E-state index is 5.67. The molecule has 0 radical (unpaired) electrons. The Labute approximate surface area is 130 Å². The summed E-state index contributed by atoms with van der Waals surface area (Å²) in [6, 6.07) is 20.3. The molecule has 0 spiro atoms. The Hall–Kier alpha value is -2.46. The Bertz CT molecular complexity index is 680. The smallest absolute Gasteiger partial charge is 0.247 e. The Morgan fingerprint density at radius 3 is 2.23 bits per heavy atom. The third-order valence-electron chi connectivity index (χ3n) is 3.44. The van der Waals surface area contributed by atoms with E-state index in [-0.39, 0.29) is 0 Å². The van der Waals surface area contributed by atoms with E-state index in [1.165, 1.54) is 5.56 Å². The average Bonchev–Trinajstić information content (AvgIpc) is 3.05. The minimum atomic E-state index is 0.583. The maximum Gasteiger partial charge on any atom is 0.247 e. The highest BCUT2D eigenvalue weighted by molar-refractivity contribution is 5.51. The minimum absolute atomic E-state index is 0.583. The summed E-state index contributed by atoms with van der Waals surface area (Å²) in [5.41, 5.74) is 2.30. The number of nitrogens with zero attached hydrogens (tertiary/aromatic N) is 2. The SMILES string of the molecule is c1ccc(CCNCCc2nnc(-c3ccccc3)o2)cc1. The summed E-state index contributed by atoms with van der Waals surface area (Å²) in [4.78, 5) is 0. The molecule has 2 aromatic carbocycles. The summed E-state index contributed by atoms with van der Waals surface area (Å²) < 4.78 is 5.67. The maximum absolute atomic E-state index is 5.67. The van der Waals surface area contributed by atoms with Crippen LogP contribution in [-0.4, -0.2) is 23.3 Å². The Kier molecular flexibility index (Phi) is 4.95. The van der Waals surface area contributed by atoms with E-state index in [0.29, 0.717) is 11.8 Å². The molecule has 0 atom stereocenters. The molecule has 0 aliphatic heterocycles. The Morgan fingerprint density at radius 2 is 1.45 bits per heavy atom. The molecule has 22 heavy (non-hydrogen) atoms. The van der Waals surface area contributed by atoms with E-state index in [0.717, 1.165) is 31.5 Å². The molecule has 112 valence electrons. The van der Waals surface area contributed by atoms with Gasteiger partial charge in [-0.2, -0.15) is 0 Å². The average molecular weight is 293 g/mol. The molecule has 3 aromatic rings. The van der Waals surface area contributed by atoms with E-state index in [1.807, 2.05) is 36.4 Å². The molecule has 0 aliphatic rings. The number of hydrogen-bond acceptors (Lipinski definition) is 4. The number of rotatable bonds is 7. The minimum Gasteiger partial charge on any atom is -0.421 e. The van der Waals surface area contributed by atoms with E-state index in [4.69, 9.17) is 4.42 Å². The molecule has 0 saturated carbocycles. The monoisotopic (exact) mass is 293 g/mol. The molecule has 1 N–H and O–H groups in total. The van der Waals surface area contributed by atoms with Crippen molar-refractivity contribution in [3.05, 3.63) is 72.1 Å². The number of benzene rings is 2. The second kappa shape index (κ2) is 7.52. The van der Waals surface area contributed by atoms with Gasteiger partial charge in [0, 0.05) is 18.5 Å². The zero-order valence-electron chi connectivity index (χ0n) is 12.4. The first-order valence-electron chi connectivity index (χ1n) is 7.54. The summed E-state index contributed by atoms with van der Waals surface area (Å²) in [5, 5.41) is 11.6. The van der Waals surface area contributed by atoms with Gasteiger partial charge < -0.3 is 9.73 Å². The van der Waals surface area contributed by atoms with Crippen molar-refractivity contribution >= 4 is 0 Å². The lowest BCUT2D eigenvalue weighted by Gasteiger charge is -2.03. The fraction of sp³-hybridized carbons (Fsp3) is 0.222. The molecular formula is C18H19N3O. The van der Waals surface area contributed by atoms with Gasteiger partial charge >= 0.3 is 0 Å². The predicted molar refractivity (Wildman–Crippen MR) is 86.5 cm³/mol. The normalized spacial score (nSPS) is 10.7. The first kappa shape index (κ1) is 14.5. The molecular weight excluding hydrogens is 274 g/mol. The Morgan fingerprint density at radius 1 is 0.773 bits per heavy atom. The van der Waals surface area contributed by atoms with Gasteiger partial charge in [-0.15, -0.1) is 10.2 Å². The molecule has 0 amide bonds. The van der Waals surface area contributed by atoms with E-state index in [2.05, 4.69) is 39.8 Å². The third-order valence-corrected chi connectivity index (χ3v) is 3.44. The van der Waals surface area contributed by atoms with Gasteiger partial charge in [0.25, 0.3) is 0 Å². The van der Waals surface area contributed by atoms with E-state index in [9.17, 15) is 0 Å². The highest BCUT2D eigenvalue weighted by atomic mass is 16.4. The van der Waals surface area contributed by atoms with Gasteiger partial charge in [-0.1, -0.05) is 48.5 Å². The van der Waals surface area contributed by atoms with Crippen molar-refractivity contribution in [2.24, 2.45) is 0 Å². The molecule has 4 heteroatoms. The van der Waals surface area contributed by atoms with Crippen LogP contribution in [0.15, 0.2) is 65.1 Å². The molecule has 0 fully saturated rings. The molecule has 1 heterocycles. The van der Waals surface area contributed by atoms with Crippen molar-refractivity contribution in [3.63, 3.8) is 0 Å². The lowest BCUT2D eigenvalue weighted by atomic mass is 10.1. The Balaban J connectivity index is 1.42. The van der Waals surface area contributed by atoms with Crippen molar-refractivity contribution in [1.29, 1.82) is 0 Å². The number of nitrogens with one attached hydrogen (secondary N) is 1. The summed E-state index contributed by atoms with van der Waals surface area (Å²) in [5.74, 6) is 1.26. The van der Waals surface area contributed by atoms with Crippen molar-refractivity contribution in [2.75, 3.05) is 13.1 Å². The topological polar surface area (TPSA) is 51.0 Å². The van der Waals surface area contributed by atoms with Gasteiger partial charge in [-0.25, -0.2) is 0 Å². The molecule has 1 aromatic heterocycles. The van der Waals surface area contributed by atoms with Gasteiger partial charge in [-0.05, 0) is 30.7 Å². The van der Waals surface area contributed by atoms with Crippen LogP contribution in [0, 0.1) is 0 Å². The van der Waals surface area contributed by atoms with Crippen LogP contribution in [0.2, 0.25) is 0 Å². The highest BCUT2D eigenvalue weighted by Gasteiger charge is 2.07. The standard InChI is InChI=1S/C18H19N3O/c1-3-7-15(8-4-1)11-13-19-14-12-17-20-21-18(22-17)16-9-5-2-6-10-16/h1-10,19H,11-14H2. The highest BCUT2D eigenvalue weighted by Crippen LogP contribution is 2.16. The van der Waals surface area contributed by atoms with Crippen molar-refractivity contribution in [1.82, 2.24) is 15.5 Å². The third kappa shape index (κ3) is 4.02. The lowest BCUT2D eigenvalue weighted by molar-refractivity contribution is 0.495. The molecule has 0 saturated heterocycles. The fourth-order valence-electron chi connectivity index (χ4n) is 2.25. The molecule has 0 aliphatic carbocycles. The first-order chi connectivity index (χ1) is 10.9. The van der Waals surface area contributed by atoms with Crippen LogP contribution in [0.25, 0.3) is 11.5 Å².